The highest BCUT2D eigenvalue weighted by Gasteiger charge is 2.11. The summed E-state index contributed by atoms with van der Waals surface area (Å²) in [7, 11) is 0. The molecule has 0 radical (unpaired) electrons. The maximum atomic E-state index is 7.44. The van der Waals surface area contributed by atoms with Crippen molar-refractivity contribution in [3.8, 4) is 0 Å². The zero-order valence-corrected chi connectivity index (χ0v) is 15.8. The van der Waals surface area contributed by atoms with E-state index in [2.05, 4.69) is 42.6 Å². The third kappa shape index (κ3) is 4.77. The van der Waals surface area contributed by atoms with Crippen LogP contribution in [-0.2, 0) is 4.74 Å². The predicted octanol–water partition coefficient (Wildman–Crippen LogP) is 2.48. The van der Waals surface area contributed by atoms with Crippen LogP contribution >= 0.6 is 0 Å². The molecular weight excluding hydrogens is 368 g/mol. The van der Waals surface area contributed by atoms with Gasteiger partial charge >= 0.3 is 0 Å². The predicted molar refractivity (Wildman–Crippen MR) is 113 cm³/mol. The van der Waals surface area contributed by atoms with Gasteiger partial charge in [0.05, 0.1) is 13.2 Å². The van der Waals surface area contributed by atoms with Crippen molar-refractivity contribution in [1.82, 2.24) is 15.0 Å². The molecular formula is C20H22N8O. The number of morpholine rings is 1. The molecule has 2 aromatic carbocycles. The highest BCUT2D eigenvalue weighted by atomic mass is 16.5. The number of nitrogens with one attached hydrogen (secondary N) is 3. The Hall–Kier alpha value is -3.72. The molecule has 1 saturated heterocycles. The Kier molecular flexibility index (Phi) is 5.48. The molecule has 1 fully saturated rings. The van der Waals surface area contributed by atoms with Gasteiger partial charge in [0.15, 0.2) is 0 Å². The first-order chi connectivity index (χ1) is 14.2. The van der Waals surface area contributed by atoms with E-state index in [9.17, 15) is 0 Å². The van der Waals surface area contributed by atoms with Gasteiger partial charge in [0.1, 0.15) is 12.2 Å². The van der Waals surface area contributed by atoms with E-state index >= 15 is 0 Å². The van der Waals surface area contributed by atoms with E-state index < -0.39 is 0 Å². The molecule has 3 aromatic rings. The summed E-state index contributed by atoms with van der Waals surface area (Å²) in [5.74, 6) is 0.896. The van der Waals surface area contributed by atoms with Gasteiger partial charge in [0, 0.05) is 35.7 Å². The van der Waals surface area contributed by atoms with Crippen LogP contribution in [0.15, 0.2) is 54.9 Å². The van der Waals surface area contributed by atoms with E-state index in [-0.39, 0.29) is 5.84 Å². The lowest BCUT2D eigenvalue weighted by Gasteiger charge is -2.28. The minimum atomic E-state index is 0.0304. The fourth-order valence-electron chi connectivity index (χ4n) is 2.99. The first kappa shape index (κ1) is 18.6. The number of rotatable bonds is 6. The molecule has 0 saturated carbocycles. The van der Waals surface area contributed by atoms with Crippen molar-refractivity contribution in [2.24, 2.45) is 5.73 Å². The quantitative estimate of drug-likeness (QED) is 0.374. The summed E-state index contributed by atoms with van der Waals surface area (Å²) in [6.45, 7) is 3.33. The summed E-state index contributed by atoms with van der Waals surface area (Å²) in [6, 6.07) is 15.3. The molecule has 0 unspecified atom stereocenters. The summed E-state index contributed by atoms with van der Waals surface area (Å²) in [5.41, 5.74) is 8.99. The van der Waals surface area contributed by atoms with Crippen LogP contribution in [0.1, 0.15) is 5.56 Å². The molecule has 0 amide bonds. The molecule has 1 aromatic heterocycles. The second-order valence-corrected chi connectivity index (χ2v) is 6.52. The Morgan fingerprint density at radius 1 is 0.897 bits per heavy atom. The van der Waals surface area contributed by atoms with Crippen molar-refractivity contribution in [2.45, 2.75) is 0 Å². The number of nitrogens with zero attached hydrogens (tertiary/aromatic N) is 4. The van der Waals surface area contributed by atoms with Crippen LogP contribution in [0, 0.1) is 5.41 Å². The number of hydrogen-bond donors (Lipinski definition) is 4. The Bertz CT molecular complexity index is 969. The first-order valence-electron chi connectivity index (χ1n) is 9.28. The Labute approximate surface area is 168 Å². The molecule has 1 aliphatic heterocycles. The lowest BCUT2D eigenvalue weighted by molar-refractivity contribution is 0.122. The van der Waals surface area contributed by atoms with Crippen molar-refractivity contribution in [3.63, 3.8) is 0 Å². The lowest BCUT2D eigenvalue weighted by atomic mass is 10.2. The number of benzene rings is 2. The highest BCUT2D eigenvalue weighted by molar-refractivity contribution is 5.95. The van der Waals surface area contributed by atoms with E-state index in [4.69, 9.17) is 15.9 Å². The SMILES string of the molecule is N=C(N)c1ccc(Nc2ncnc(Nc3ccc(N4CCOCC4)cc3)n2)cc1. The van der Waals surface area contributed by atoms with Crippen molar-refractivity contribution in [3.05, 3.63) is 60.4 Å². The monoisotopic (exact) mass is 390 g/mol. The number of amidine groups is 1. The smallest absolute Gasteiger partial charge is 0.232 e. The van der Waals surface area contributed by atoms with Crippen LogP contribution in [0.4, 0.5) is 29.0 Å². The second kappa shape index (κ2) is 8.53. The molecule has 148 valence electrons. The molecule has 0 atom stereocenters. The van der Waals surface area contributed by atoms with Crippen molar-refractivity contribution in [2.75, 3.05) is 41.8 Å². The van der Waals surface area contributed by atoms with Crippen molar-refractivity contribution in [1.29, 1.82) is 5.41 Å². The summed E-state index contributed by atoms with van der Waals surface area (Å²) in [4.78, 5) is 15.0. The van der Waals surface area contributed by atoms with Gasteiger partial charge in [-0.1, -0.05) is 0 Å². The Morgan fingerprint density at radius 3 is 2.00 bits per heavy atom. The lowest BCUT2D eigenvalue weighted by Crippen LogP contribution is -2.36. The van der Waals surface area contributed by atoms with Gasteiger partial charge in [-0.3, -0.25) is 5.41 Å². The van der Waals surface area contributed by atoms with E-state index in [0.29, 0.717) is 17.5 Å². The third-order valence-corrected chi connectivity index (χ3v) is 4.52. The van der Waals surface area contributed by atoms with Crippen molar-refractivity contribution >= 4 is 34.8 Å². The summed E-state index contributed by atoms with van der Waals surface area (Å²) in [6.07, 6.45) is 1.45. The number of nitrogens with two attached hydrogens (primary N) is 1. The summed E-state index contributed by atoms with van der Waals surface area (Å²) < 4.78 is 5.40. The number of anilines is 5. The van der Waals surface area contributed by atoms with Crippen LogP contribution in [0.2, 0.25) is 0 Å². The van der Waals surface area contributed by atoms with Gasteiger partial charge in [-0.25, -0.2) is 9.97 Å². The number of aromatic nitrogens is 3. The topological polar surface area (TPSA) is 125 Å². The average molecular weight is 390 g/mol. The van der Waals surface area contributed by atoms with Crippen LogP contribution in [-0.4, -0.2) is 47.1 Å². The molecule has 0 bridgehead atoms. The Balaban J connectivity index is 1.41. The van der Waals surface area contributed by atoms with Crippen molar-refractivity contribution < 1.29 is 4.74 Å². The number of ether oxygens (including phenoxy) is 1. The standard InChI is InChI=1S/C20H22N8O/c21-18(22)14-1-3-15(4-2-14)25-19-23-13-24-20(27-19)26-16-5-7-17(8-6-16)28-9-11-29-12-10-28/h1-8,13H,9-12H2,(H3,21,22)(H2,23,24,25,26,27). The maximum Gasteiger partial charge on any atom is 0.232 e. The van der Waals surface area contributed by atoms with Crippen LogP contribution in [0.25, 0.3) is 0 Å². The molecule has 5 N–H and O–H groups in total. The van der Waals surface area contributed by atoms with Gasteiger partial charge in [-0.2, -0.15) is 4.98 Å². The number of hydrogen-bond acceptors (Lipinski definition) is 8. The van der Waals surface area contributed by atoms with Gasteiger partial charge in [0.2, 0.25) is 11.9 Å². The highest BCUT2D eigenvalue weighted by Crippen LogP contribution is 2.21. The van der Waals surface area contributed by atoms with Gasteiger partial charge < -0.3 is 26.0 Å². The van der Waals surface area contributed by atoms with Gasteiger partial charge in [-0.05, 0) is 48.5 Å². The average Bonchev–Trinajstić information content (AvgIpc) is 2.76. The second-order valence-electron chi connectivity index (χ2n) is 6.52. The minimum absolute atomic E-state index is 0.0304. The third-order valence-electron chi connectivity index (χ3n) is 4.52. The normalized spacial score (nSPS) is 13.7. The van der Waals surface area contributed by atoms with E-state index in [1.54, 1.807) is 12.1 Å². The molecule has 1 aliphatic rings. The Morgan fingerprint density at radius 2 is 1.45 bits per heavy atom. The fourth-order valence-corrected chi connectivity index (χ4v) is 2.99. The number of nitrogen functional groups attached to an aromatic ring is 1. The largest absolute Gasteiger partial charge is 0.384 e. The summed E-state index contributed by atoms with van der Waals surface area (Å²) in [5, 5.41) is 13.8. The molecule has 29 heavy (non-hydrogen) atoms. The van der Waals surface area contributed by atoms with E-state index in [1.165, 1.54) is 12.0 Å². The molecule has 2 heterocycles. The van der Waals surface area contributed by atoms with Crippen LogP contribution in [0.3, 0.4) is 0 Å². The molecule has 4 rings (SSSR count). The molecule has 9 nitrogen and oxygen atoms in total. The fraction of sp³-hybridized carbons (Fsp3) is 0.200. The summed E-state index contributed by atoms with van der Waals surface area (Å²) >= 11 is 0. The van der Waals surface area contributed by atoms with Gasteiger partial charge in [-0.15, -0.1) is 0 Å². The van der Waals surface area contributed by atoms with Gasteiger partial charge in [0.25, 0.3) is 0 Å². The minimum Gasteiger partial charge on any atom is -0.384 e. The maximum absolute atomic E-state index is 7.44. The molecule has 9 heteroatoms. The van der Waals surface area contributed by atoms with Crippen LogP contribution in [0.5, 0.6) is 0 Å². The van der Waals surface area contributed by atoms with Crippen LogP contribution < -0.4 is 21.3 Å². The van der Waals surface area contributed by atoms with E-state index in [1.807, 2.05) is 24.3 Å². The molecule has 0 aliphatic carbocycles. The zero-order valence-electron chi connectivity index (χ0n) is 15.8. The molecule has 0 spiro atoms. The zero-order chi connectivity index (χ0) is 20.1. The van der Waals surface area contributed by atoms with E-state index in [0.717, 1.165) is 37.7 Å². The first-order valence-corrected chi connectivity index (χ1v) is 9.28.